The van der Waals surface area contributed by atoms with E-state index in [0.717, 1.165) is 43.2 Å². The smallest absolute Gasteiger partial charge is 0.270 e. The summed E-state index contributed by atoms with van der Waals surface area (Å²) in [6.07, 6.45) is 6.52. The number of pyridine rings is 2. The monoisotopic (exact) mass is 500 g/mol. The summed E-state index contributed by atoms with van der Waals surface area (Å²) in [4.78, 5) is 22.1. The number of hydrogen-bond donors (Lipinski definition) is 0. The predicted octanol–water partition coefficient (Wildman–Crippen LogP) is 4.99. The number of nitrogens with zero attached hydrogens (tertiary/aromatic N) is 6. The van der Waals surface area contributed by atoms with E-state index < -0.39 is 0 Å². The Hall–Kier alpha value is -3.55. The van der Waals surface area contributed by atoms with Crippen molar-refractivity contribution >= 4 is 34.0 Å². The summed E-state index contributed by atoms with van der Waals surface area (Å²) in [5, 5.41) is 20.1. The minimum absolute atomic E-state index is 0.0775. The Morgan fingerprint density at radius 3 is 2.28 bits per heavy atom. The van der Waals surface area contributed by atoms with Crippen LogP contribution >= 0.6 is 11.6 Å². The molecule has 0 bridgehead atoms. The van der Waals surface area contributed by atoms with E-state index in [1.807, 2.05) is 19.2 Å². The van der Waals surface area contributed by atoms with Crippen LogP contribution < -0.4 is 15.4 Å². The lowest BCUT2D eigenvalue weighted by molar-refractivity contribution is 0.365. The normalized spacial score (nSPS) is 19.5. The van der Waals surface area contributed by atoms with Gasteiger partial charge in [0.1, 0.15) is 28.9 Å². The maximum Gasteiger partial charge on any atom is 0.270 e. The first-order valence-corrected chi connectivity index (χ1v) is 12.9. The average Bonchev–Trinajstić information content (AvgIpc) is 3.73. The zero-order valence-electron chi connectivity index (χ0n) is 20.6. The van der Waals surface area contributed by atoms with Crippen molar-refractivity contribution in [3.8, 4) is 12.1 Å². The molecule has 0 radical (unpaired) electrons. The molecular weight excluding hydrogens is 472 g/mol. The van der Waals surface area contributed by atoms with Gasteiger partial charge in [-0.05, 0) is 80.8 Å². The van der Waals surface area contributed by atoms with Gasteiger partial charge >= 0.3 is 0 Å². The van der Waals surface area contributed by atoms with Crippen molar-refractivity contribution < 1.29 is 0 Å². The number of fused-ring (bicyclic) bond motifs is 1. The third-order valence-corrected chi connectivity index (χ3v) is 8.01. The summed E-state index contributed by atoms with van der Waals surface area (Å²) in [6.45, 7) is 1.08. The number of benzene rings is 1. The van der Waals surface area contributed by atoms with E-state index in [9.17, 15) is 15.3 Å². The van der Waals surface area contributed by atoms with Gasteiger partial charge in [-0.15, -0.1) is 0 Å². The van der Waals surface area contributed by atoms with Crippen molar-refractivity contribution in [2.45, 2.75) is 50.6 Å². The second-order valence-electron chi connectivity index (χ2n) is 10.0. The van der Waals surface area contributed by atoms with E-state index in [4.69, 9.17) is 11.6 Å². The molecule has 36 heavy (non-hydrogen) atoms. The van der Waals surface area contributed by atoms with E-state index in [1.165, 1.54) is 23.1 Å². The van der Waals surface area contributed by atoms with Crippen LogP contribution in [-0.2, 0) is 7.05 Å². The SMILES string of the molecule is CN(c1c(C#N)c(=O)n(C)c2ccc(C#N)nc12)C1CCC(N(CC2CC2)c2ccc(Cl)cc2)CC1. The molecule has 2 aliphatic carbocycles. The van der Waals surface area contributed by atoms with E-state index in [2.05, 4.69) is 39.1 Å². The van der Waals surface area contributed by atoms with Crippen molar-refractivity contribution in [1.82, 2.24) is 9.55 Å². The van der Waals surface area contributed by atoms with E-state index in [1.54, 1.807) is 19.2 Å². The molecule has 2 aromatic heterocycles. The van der Waals surface area contributed by atoms with E-state index in [-0.39, 0.29) is 22.9 Å². The van der Waals surface area contributed by atoms with Gasteiger partial charge in [0.2, 0.25) is 0 Å². The molecule has 0 saturated heterocycles. The van der Waals surface area contributed by atoms with E-state index in [0.29, 0.717) is 22.8 Å². The molecule has 2 aliphatic rings. The summed E-state index contributed by atoms with van der Waals surface area (Å²) in [6, 6.07) is 16.3. The molecule has 0 spiro atoms. The first kappa shape index (κ1) is 24.2. The molecule has 184 valence electrons. The van der Waals surface area contributed by atoms with Gasteiger partial charge in [0.15, 0.2) is 0 Å². The summed E-state index contributed by atoms with van der Waals surface area (Å²) in [7, 11) is 3.58. The van der Waals surface area contributed by atoms with Crippen LogP contribution in [0.1, 0.15) is 49.8 Å². The molecule has 0 aliphatic heterocycles. The number of hydrogen-bond acceptors (Lipinski definition) is 6. The zero-order chi connectivity index (χ0) is 25.4. The zero-order valence-corrected chi connectivity index (χ0v) is 21.4. The van der Waals surface area contributed by atoms with Crippen molar-refractivity contribution in [1.29, 1.82) is 10.5 Å². The Bertz CT molecular complexity index is 1420. The van der Waals surface area contributed by atoms with Crippen LogP contribution in [0.2, 0.25) is 5.02 Å². The van der Waals surface area contributed by atoms with Crippen molar-refractivity contribution in [3.63, 3.8) is 0 Å². The second-order valence-corrected chi connectivity index (χ2v) is 10.5. The van der Waals surface area contributed by atoms with Gasteiger partial charge in [0, 0.05) is 43.4 Å². The van der Waals surface area contributed by atoms with Crippen molar-refractivity contribution in [2.75, 3.05) is 23.4 Å². The molecule has 1 aromatic carbocycles. The molecule has 2 heterocycles. The third kappa shape index (κ3) is 4.52. The maximum absolute atomic E-state index is 13.0. The first-order valence-electron chi connectivity index (χ1n) is 12.5. The molecule has 7 nitrogen and oxygen atoms in total. The van der Waals surface area contributed by atoms with Gasteiger partial charge in [-0.25, -0.2) is 4.98 Å². The molecule has 0 N–H and O–H groups in total. The van der Waals surface area contributed by atoms with Crippen LogP contribution in [0, 0.1) is 28.6 Å². The van der Waals surface area contributed by atoms with Crippen LogP contribution in [-0.4, -0.2) is 35.2 Å². The highest BCUT2D eigenvalue weighted by molar-refractivity contribution is 6.30. The van der Waals surface area contributed by atoms with Crippen LogP contribution in [0.15, 0.2) is 41.2 Å². The molecular formula is C28H29ClN6O. The lowest BCUT2D eigenvalue weighted by Gasteiger charge is -2.41. The van der Waals surface area contributed by atoms with Crippen LogP contribution in [0.25, 0.3) is 11.0 Å². The topological polar surface area (TPSA) is 88.9 Å². The molecule has 0 atom stereocenters. The lowest BCUT2D eigenvalue weighted by Crippen LogP contribution is -2.44. The quantitative estimate of drug-likeness (QED) is 0.473. The van der Waals surface area contributed by atoms with Crippen molar-refractivity contribution in [3.05, 3.63) is 63.0 Å². The Balaban J connectivity index is 1.43. The number of halogens is 1. The van der Waals surface area contributed by atoms with Crippen LogP contribution in [0.4, 0.5) is 11.4 Å². The number of nitriles is 2. The molecule has 5 rings (SSSR count). The summed E-state index contributed by atoms with van der Waals surface area (Å²) >= 11 is 6.14. The van der Waals surface area contributed by atoms with Crippen molar-refractivity contribution in [2.24, 2.45) is 13.0 Å². The molecule has 2 fully saturated rings. The summed E-state index contributed by atoms with van der Waals surface area (Å²) in [5.41, 5.74) is 2.89. The fraction of sp³-hybridized carbons (Fsp3) is 0.429. The molecule has 2 saturated carbocycles. The van der Waals surface area contributed by atoms with Gasteiger partial charge in [-0.3, -0.25) is 4.79 Å². The van der Waals surface area contributed by atoms with Gasteiger partial charge in [0.05, 0.1) is 11.2 Å². The second kappa shape index (κ2) is 9.84. The highest BCUT2D eigenvalue weighted by atomic mass is 35.5. The largest absolute Gasteiger partial charge is 0.369 e. The lowest BCUT2D eigenvalue weighted by atomic mass is 9.88. The molecule has 8 heteroatoms. The number of aryl methyl sites for hydroxylation is 1. The van der Waals surface area contributed by atoms with Crippen LogP contribution in [0.5, 0.6) is 0 Å². The van der Waals surface area contributed by atoms with Gasteiger partial charge < -0.3 is 14.4 Å². The van der Waals surface area contributed by atoms with E-state index >= 15 is 0 Å². The number of rotatable bonds is 6. The highest BCUT2D eigenvalue weighted by Crippen LogP contribution is 2.37. The first-order chi connectivity index (χ1) is 17.4. The number of aromatic nitrogens is 2. The molecule has 0 unspecified atom stereocenters. The standard InChI is InChI=1S/C28H29ClN6O/c1-33(27-24(16-31)28(36)34(2)25-14-7-20(15-30)32-26(25)27)21-10-12-23(13-11-21)35(17-18-3-4-18)22-8-5-19(29)6-9-22/h5-9,14,18,21,23H,3-4,10-13,17H2,1-2H3. The van der Waals surface area contributed by atoms with Gasteiger partial charge in [0.25, 0.3) is 5.56 Å². The average molecular weight is 501 g/mol. The third-order valence-electron chi connectivity index (χ3n) is 7.76. The van der Waals surface area contributed by atoms with Gasteiger partial charge in [-0.2, -0.15) is 10.5 Å². The van der Waals surface area contributed by atoms with Gasteiger partial charge in [-0.1, -0.05) is 11.6 Å². The molecule has 0 amide bonds. The molecule has 3 aromatic rings. The fourth-order valence-corrected chi connectivity index (χ4v) is 5.64. The highest BCUT2D eigenvalue weighted by Gasteiger charge is 2.33. The van der Waals surface area contributed by atoms with Crippen LogP contribution in [0.3, 0.4) is 0 Å². The Morgan fingerprint density at radius 1 is 1.00 bits per heavy atom. The minimum Gasteiger partial charge on any atom is -0.369 e. The predicted molar refractivity (Wildman–Crippen MR) is 142 cm³/mol. The fourth-order valence-electron chi connectivity index (χ4n) is 5.52. The number of anilines is 2. The Labute approximate surface area is 216 Å². The Kier molecular flexibility index (Phi) is 6.60. The Morgan fingerprint density at radius 2 is 1.67 bits per heavy atom. The summed E-state index contributed by atoms with van der Waals surface area (Å²) < 4.78 is 1.44. The maximum atomic E-state index is 13.0. The summed E-state index contributed by atoms with van der Waals surface area (Å²) in [5.74, 6) is 0.770. The minimum atomic E-state index is -0.342.